The standard InChI is InChI=1S/C20H25ClN2O3S2/c1-15-4-10-18(11-5-15)28(25,26)22-19(12-13-27-3)20(24)23(2)14-16-6-8-17(21)9-7-16/h4-11,19,22H,12-14H2,1-3H3. The number of carbonyl (C=O) groups is 1. The van der Waals surface area contributed by atoms with Crippen LogP contribution in [-0.2, 0) is 21.4 Å². The predicted octanol–water partition coefficient (Wildman–Crippen LogP) is 3.71. The van der Waals surface area contributed by atoms with Gasteiger partial charge in [0.25, 0.3) is 0 Å². The first-order valence-electron chi connectivity index (χ1n) is 8.80. The van der Waals surface area contributed by atoms with Crippen molar-refractivity contribution in [2.75, 3.05) is 19.1 Å². The normalized spacial score (nSPS) is 12.6. The highest BCUT2D eigenvalue weighted by molar-refractivity contribution is 7.98. The molecule has 0 bridgehead atoms. The zero-order valence-corrected chi connectivity index (χ0v) is 18.6. The Kier molecular flexibility index (Phi) is 8.37. The van der Waals surface area contributed by atoms with E-state index in [0.29, 0.717) is 23.7 Å². The number of halogens is 1. The fourth-order valence-corrected chi connectivity index (χ4v) is 4.47. The highest BCUT2D eigenvalue weighted by atomic mass is 35.5. The minimum Gasteiger partial charge on any atom is -0.340 e. The molecule has 152 valence electrons. The van der Waals surface area contributed by atoms with Crippen LogP contribution in [0.3, 0.4) is 0 Å². The van der Waals surface area contributed by atoms with Crippen molar-refractivity contribution in [1.82, 2.24) is 9.62 Å². The fourth-order valence-electron chi connectivity index (χ4n) is 2.65. The minimum atomic E-state index is -3.79. The molecular formula is C20H25ClN2O3S2. The van der Waals surface area contributed by atoms with Gasteiger partial charge in [-0.3, -0.25) is 4.79 Å². The van der Waals surface area contributed by atoms with E-state index in [2.05, 4.69) is 4.72 Å². The van der Waals surface area contributed by atoms with E-state index in [-0.39, 0.29) is 10.8 Å². The van der Waals surface area contributed by atoms with Gasteiger partial charge in [0.05, 0.1) is 4.90 Å². The lowest BCUT2D eigenvalue weighted by atomic mass is 10.2. The van der Waals surface area contributed by atoms with Gasteiger partial charge in [0.2, 0.25) is 15.9 Å². The van der Waals surface area contributed by atoms with E-state index in [0.717, 1.165) is 11.1 Å². The van der Waals surface area contributed by atoms with Gasteiger partial charge in [0, 0.05) is 18.6 Å². The van der Waals surface area contributed by atoms with Crippen molar-refractivity contribution in [3.8, 4) is 0 Å². The maximum Gasteiger partial charge on any atom is 0.241 e. The number of nitrogens with one attached hydrogen (secondary N) is 1. The van der Waals surface area contributed by atoms with Gasteiger partial charge in [-0.1, -0.05) is 41.4 Å². The van der Waals surface area contributed by atoms with E-state index in [1.54, 1.807) is 55.2 Å². The monoisotopic (exact) mass is 440 g/mol. The predicted molar refractivity (Wildman–Crippen MR) is 116 cm³/mol. The average molecular weight is 441 g/mol. The first kappa shape index (κ1) is 22.7. The quantitative estimate of drug-likeness (QED) is 0.645. The number of amides is 1. The number of hydrogen-bond donors (Lipinski definition) is 1. The zero-order valence-electron chi connectivity index (χ0n) is 16.2. The van der Waals surface area contributed by atoms with Crippen molar-refractivity contribution < 1.29 is 13.2 Å². The number of thioether (sulfide) groups is 1. The van der Waals surface area contributed by atoms with Crippen LogP contribution in [0.2, 0.25) is 5.02 Å². The molecule has 0 spiro atoms. The first-order valence-corrected chi connectivity index (χ1v) is 12.1. The lowest BCUT2D eigenvalue weighted by molar-refractivity contribution is -0.132. The third-order valence-electron chi connectivity index (χ3n) is 4.25. The van der Waals surface area contributed by atoms with E-state index in [4.69, 9.17) is 11.6 Å². The van der Waals surface area contributed by atoms with Gasteiger partial charge in [-0.05, 0) is 55.2 Å². The van der Waals surface area contributed by atoms with Crippen molar-refractivity contribution in [3.05, 3.63) is 64.7 Å². The van der Waals surface area contributed by atoms with Crippen LogP contribution in [0.25, 0.3) is 0 Å². The van der Waals surface area contributed by atoms with Crippen LogP contribution < -0.4 is 4.72 Å². The molecule has 0 saturated heterocycles. The Bertz CT molecular complexity index is 885. The first-order chi connectivity index (χ1) is 13.2. The second-order valence-corrected chi connectivity index (χ2v) is 9.73. The van der Waals surface area contributed by atoms with Crippen LogP contribution in [0.15, 0.2) is 53.4 Å². The summed E-state index contributed by atoms with van der Waals surface area (Å²) < 4.78 is 28.1. The van der Waals surface area contributed by atoms with Gasteiger partial charge < -0.3 is 4.90 Å². The summed E-state index contributed by atoms with van der Waals surface area (Å²) in [7, 11) is -2.12. The van der Waals surface area contributed by atoms with Crippen LogP contribution in [0.5, 0.6) is 0 Å². The molecule has 1 amide bonds. The van der Waals surface area contributed by atoms with Crippen LogP contribution in [0, 0.1) is 6.92 Å². The Hall–Kier alpha value is -1.54. The molecular weight excluding hydrogens is 416 g/mol. The molecule has 0 aromatic heterocycles. The van der Waals surface area contributed by atoms with Gasteiger partial charge in [-0.15, -0.1) is 0 Å². The Labute approximate surface area is 176 Å². The van der Waals surface area contributed by atoms with Gasteiger partial charge in [-0.25, -0.2) is 8.42 Å². The summed E-state index contributed by atoms with van der Waals surface area (Å²) in [5.41, 5.74) is 1.89. The molecule has 1 atom stereocenters. The summed E-state index contributed by atoms with van der Waals surface area (Å²) in [5.74, 6) is 0.404. The molecule has 0 saturated carbocycles. The van der Waals surface area contributed by atoms with Crippen molar-refractivity contribution >= 4 is 39.3 Å². The molecule has 0 aliphatic carbocycles. The second-order valence-electron chi connectivity index (χ2n) is 6.59. The Morgan fingerprint density at radius 3 is 2.32 bits per heavy atom. The molecule has 8 heteroatoms. The maximum atomic E-state index is 12.9. The van der Waals surface area contributed by atoms with Crippen molar-refractivity contribution in [2.45, 2.75) is 30.8 Å². The largest absolute Gasteiger partial charge is 0.340 e. The SMILES string of the molecule is CSCCC(NS(=O)(=O)c1ccc(C)cc1)C(=O)N(C)Cc1ccc(Cl)cc1. The van der Waals surface area contributed by atoms with Gasteiger partial charge in [-0.2, -0.15) is 16.5 Å². The molecule has 2 aromatic rings. The van der Waals surface area contributed by atoms with E-state index in [1.165, 1.54) is 4.90 Å². The molecule has 0 fully saturated rings. The highest BCUT2D eigenvalue weighted by Gasteiger charge is 2.27. The van der Waals surface area contributed by atoms with Crippen LogP contribution in [0.1, 0.15) is 17.5 Å². The van der Waals surface area contributed by atoms with E-state index >= 15 is 0 Å². The third-order valence-corrected chi connectivity index (χ3v) is 6.63. The van der Waals surface area contributed by atoms with E-state index < -0.39 is 16.1 Å². The molecule has 1 unspecified atom stereocenters. The maximum absolute atomic E-state index is 12.9. The number of sulfonamides is 1. The number of aryl methyl sites for hydroxylation is 1. The molecule has 5 nitrogen and oxygen atoms in total. The number of nitrogens with zero attached hydrogens (tertiary/aromatic N) is 1. The number of benzene rings is 2. The Balaban J connectivity index is 2.15. The van der Waals surface area contributed by atoms with E-state index in [9.17, 15) is 13.2 Å². The summed E-state index contributed by atoms with van der Waals surface area (Å²) in [6.07, 6.45) is 2.34. The summed E-state index contributed by atoms with van der Waals surface area (Å²) in [6.45, 7) is 2.26. The second kappa shape index (κ2) is 10.3. The summed E-state index contributed by atoms with van der Waals surface area (Å²) >= 11 is 7.47. The zero-order chi connectivity index (χ0) is 20.7. The van der Waals surface area contributed by atoms with Crippen LogP contribution in [-0.4, -0.2) is 44.3 Å². The number of likely N-dealkylation sites (N-methyl/N-ethyl adjacent to an activating group) is 1. The van der Waals surface area contributed by atoms with Crippen molar-refractivity contribution in [2.24, 2.45) is 0 Å². The molecule has 0 radical (unpaired) electrons. The lowest BCUT2D eigenvalue weighted by Crippen LogP contribution is -2.47. The Morgan fingerprint density at radius 1 is 1.14 bits per heavy atom. The van der Waals surface area contributed by atoms with Crippen LogP contribution >= 0.6 is 23.4 Å². The molecule has 0 aliphatic rings. The highest BCUT2D eigenvalue weighted by Crippen LogP contribution is 2.15. The van der Waals surface area contributed by atoms with Crippen molar-refractivity contribution in [3.63, 3.8) is 0 Å². The third kappa shape index (κ3) is 6.51. The van der Waals surface area contributed by atoms with Crippen LogP contribution in [0.4, 0.5) is 0 Å². The minimum absolute atomic E-state index is 0.153. The molecule has 1 N–H and O–H groups in total. The molecule has 28 heavy (non-hydrogen) atoms. The molecule has 2 aromatic carbocycles. The Morgan fingerprint density at radius 2 is 1.75 bits per heavy atom. The topological polar surface area (TPSA) is 66.5 Å². The summed E-state index contributed by atoms with van der Waals surface area (Å²) in [6, 6.07) is 13.0. The van der Waals surface area contributed by atoms with Gasteiger partial charge >= 0.3 is 0 Å². The van der Waals surface area contributed by atoms with Gasteiger partial charge in [0.1, 0.15) is 6.04 Å². The summed E-state index contributed by atoms with van der Waals surface area (Å²) in [5, 5.41) is 0.626. The molecule has 0 heterocycles. The smallest absolute Gasteiger partial charge is 0.241 e. The summed E-state index contributed by atoms with van der Waals surface area (Å²) in [4.78, 5) is 14.6. The number of carbonyl (C=O) groups excluding carboxylic acids is 1. The number of rotatable bonds is 9. The lowest BCUT2D eigenvalue weighted by Gasteiger charge is -2.24. The fraction of sp³-hybridized carbons (Fsp3) is 0.350. The number of hydrogen-bond acceptors (Lipinski definition) is 4. The van der Waals surface area contributed by atoms with Crippen molar-refractivity contribution in [1.29, 1.82) is 0 Å². The molecule has 2 rings (SSSR count). The molecule has 0 aliphatic heterocycles. The van der Waals surface area contributed by atoms with E-state index in [1.807, 2.05) is 25.3 Å². The average Bonchev–Trinajstić information content (AvgIpc) is 2.66. The van der Waals surface area contributed by atoms with Gasteiger partial charge in [0.15, 0.2) is 0 Å².